The molecule has 0 saturated carbocycles. The molecule has 0 aliphatic heterocycles. The summed E-state index contributed by atoms with van der Waals surface area (Å²) in [5.41, 5.74) is 1.17. The maximum Gasteiger partial charge on any atom is 0.251 e. The zero-order valence-corrected chi connectivity index (χ0v) is 20.4. The molecule has 8 nitrogen and oxygen atoms in total. The largest absolute Gasteiger partial charge is 0.497 e. The van der Waals surface area contributed by atoms with Crippen LogP contribution >= 0.6 is 23.4 Å². The second-order valence-electron chi connectivity index (χ2n) is 7.67. The van der Waals surface area contributed by atoms with E-state index in [4.69, 9.17) is 16.3 Å². The summed E-state index contributed by atoms with van der Waals surface area (Å²) in [7, 11) is 3.40. The minimum Gasteiger partial charge on any atom is -0.497 e. The minimum atomic E-state index is -0.356. The number of nitrogens with zero attached hydrogens (tertiary/aromatic N) is 3. The van der Waals surface area contributed by atoms with Gasteiger partial charge in [-0.1, -0.05) is 43.3 Å². The van der Waals surface area contributed by atoms with Crippen molar-refractivity contribution in [2.75, 3.05) is 18.2 Å². The fourth-order valence-electron chi connectivity index (χ4n) is 3.11. The molecule has 3 aromatic rings. The number of halogens is 1. The number of nitrogens with one attached hydrogen (secondary N) is 2. The number of benzene rings is 2. The fraction of sp³-hybridized carbons (Fsp3) is 0.304. The first-order chi connectivity index (χ1) is 15.8. The van der Waals surface area contributed by atoms with Crippen molar-refractivity contribution in [2.24, 2.45) is 13.0 Å². The van der Waals surface area contributed by atoms with Crippen LogP contribution < -0.4 is 15.4 Å². The standard InChI is InChI=1S/C23H26ClN5O3S/c1-14(2)20(26-22(31)15-8-10-16(24)11-9-15)21-27-28-23(29(21)3)33-13-19(30)25-17-6-5-7-18(12-17)32-4/h5-12,14,20H,13H2,1-4H3,(H,25,30)(H,26,31). The number of hydrogen-bond donors (Lipinski definition) is 2. The first kappa shape index (κ1) is 24.6. The van der Waals surface area contributed by atoms with Gasteiger partial charge in [0, 0.05) is 29.4 Å². The molecule has 1 heterocycles. The van der Waals surface area contributed by atoms with E-state index in [9.17, 15) is 9.59 Å². The number of anilines is 1. The van der Waals surface area contributed by atoms with Gasteiger partial charge in [0.2, 0.25) is 5.91 Å². The number of rotatable bonds is 9. The van der Waals surface area contributed by atoms with Gasteiger partial charge in [0.15, 0.2) is 11.0 Å². The second kappa shape index (κ2) is 11.2. The van der Waals surface area contributed by atoms with Crippen molar-refractivity contribution in [3.63, 3.8) is 0 Å². The summed E-state index contributed by atoms with van der Waals surface area (Å²) in [6, 6.07) is 13.5. The predicted molar refractivity (Wildman–Crippen MR) is 130 cm³/mol. The SMILES string of the molecule is COc1cccc(NC(=O)CSc2nnc(C(NC(=O)c3ccc(Cl)cc3)C(C)C)n2C)c1. The van der Waals surface area contributed by atoms with Crippen LogP contribution in [-0.2, 0) is 11.8 Å². The molecule has 0 radical (unpaired) electrons. The number of carbonyl (C=O) groups excluding carboxylic acids is 2. The summed E-state index contributed by atoms with van der Waals surface area (Å²) in [6.45, 7) is 3.99. The number of methoxy groups -OCH3 is 1. The van der Waals surface area contributed by atoms with Crippen molar-refractivity contribution < 1.29 is 14.3 Å². The molecule has 33 heavy (non-hydrogen) atoms. The monoisotopic (exact) mass is 487 g/mol. The van der Waals surface area contributed by atoms with Crippen molar-refractivity contribution in [1.82, 2.24) is 20.1 Å². The quantitative estimate of drug-likeness (QED) is 0.436. The van der Waals surface area contributed by atoms with Gasteiger partial charge >= 0.3 is 0 Å². The van der Waals surface area contributed by atoms with E-state index in [1.165, 1.54) is 11.8 Å². The molecule has 1 unspecified atom stereocenters. The Morgan fingerprint density at radius 3 is 2.55 bits per heavy atom. The van der Waals surface area contributed by atoms with Gasteiger partial charge < -0.3 is 19.9 Å². The van der Waals surface area contributed by atoms with E-state index in [-0.39, 0.29) is 29.5 Å². The molecule has 174 valence electrons. The molecule has 0 aliphatic carbocycles. The van der Waals surface area contributed by atoms with E-state index in [0.29, 0.717) is 33.0 Å². The molecule has 0 fully saturated rings. The van der Waals surface area contributed by atoms with Gasteiger partial charge in [0.25, 0.3) is 5.91 Å². The van der Waals surface area contributed by atoms with E-state index in [1.54, 1.807) is 54.1 Å². The molecule has 0 bridgehead atoms. The second-order valence-corrected chi connectivity index (χ2v) is 9.05. The molecule has 10 heteroatoms. The molecular formula is C23H26ClN5O3S. The number of amides is 2. The minimum absolute atomic E-state index is 0.0679. The van der Waals surface area contributed by atoms with Crippen LogP contribution in [-0.4, -0.2) is 39.4 Å². The van der Waals surface area contributed by atoms with Crippen LogP contribution in [0.3, 0.4) is 0 Å². The fourth-order valence-corrected chi connectivity index (χ4v) is 3.95. The molecule has 2 amide bonds. The Morgan fingerprint density at radius 2 is 1.88 bits per heavy atom. The zero-order chi connectivity index (χ0) is 24.0. The molecule has 2 N–H and O–H groups in total. The van der Waals surface area contributed by atoms with Crippen LogP contribution in [0.25, 0.3) is 0 Å². The van der Waals surface area contributed by atoms with Crippen LogP contribution in [0, 0.1) is 5.92 Å². The van der Waals surface area contributed by atoms with Crippen molar-refractivity contribution in [1.29, 1.82) is 0 Å². The lowest BCUT2D eigenvalue weighted by molar-refractivity contribution is -0.113. The summed E-state index contributed by atoms with van der Waals surface area (Å²) in [5, 5.41) is 15.5. The average Bonchev–Trinajstić information content (AvgIpc) is 3.16. The lowest BCUT2D eigenvalue weighted by Gasteiger charge is -2.21. The molecule has 3 rings (SSSR count). The Kier molecular flexibility index (Phi) is 8.35. The first-order valence-corrected chi connectivity index (χ1v) is 11.7. The smallest absolute Gasteiger partial charge is 0.251 e. The highest BCUT2D eigenvalue weighted by atomic mass is 35.5. The van der Waals surface area contributed by atoms with Gasteiger partial charge in [-0.3, -0.25) is 9.59 Å². The Balaban J connectivity index is 1.65. The normalized spacial score (nSPS) is 11.8. The highest BCUT2D eigenvalue weighted by Gasteiger charge is 2.25. The van der Waals surface area contributed by atoms with Crippen molar-refractivity contribution in [3.8, 4) is 5.75 Å². The Labute approximate surface area is 202 Å². The van der Waals surface area contributed by atoms with Gasteiger partial charge in [0.05, 0.1) is 18.9 Å². The van der Waals surface area contributed by atoms with Gasteiger partial charge in [-0.05, 0) is 42.3 Å². The number of thioether (sulfide) groups is 1. The zero-order valence-electron chi connectivity index (χ0n) is 18.8. The van der Waals surface area contributed by atoms with E-state index in [2.05, 4.69) is 20.8 Å². The number of ether oxygens (including phenoxy) is 1. The highest BCUT2D eigenvalue weighted by molar-refractivity contribution is 7.99. The van der Waals surface area contributed by atoms with Crippen LogP contribution in [0.1, 0.15) is 36.1 Å². The summed E-state index contributed by atoms with van der Waals surface area (Å²) in [5.74, 6) is 1.11. The number of carbonyl (C=O) groups is 2. The maximum absolute atomic E-state index is 12.7. The topological polar surface area (TPSA) is 98.1 Å². The Bertz CT molecular complexity index is 1120. The van der Waals surface area contributed by atoms with Crippen molar-refractivity contribution in [3.05, 3.63) is 64.9 Å². The third-order valence-corrected chi connectivity index (χ3v) is 6.16. The third-order valence-electron chi connectivity index (χ3n) is 4.89. The Morgan fingerprint density at radius 1 is 1.15 bits per heavy atom. The molecule has 2 aromatic carbocycles. The number of hydrogen-bond acceptors (Lipinski definition) is 6. The van der Waals surface area contributed by atoms with Gasteiger partial charge in [-0.25, -0.2) is 0 Å². The van der Waals surface area contributed by atoms with Crippen molar-refractivity contribution >= 4 is 40.9 Å². The van der Waals surface area contributed by atoms with Crippen LogP contribution in [0.4, 0.5) is 5.69 Å². The average molecular weight is 488 g/mol. The summed E-state index contributed by atoms with van der Waals surface area (Å²) < 4.78 is 6.97. The van der Waals surface area contributed by atoms with Crippen molar-refractivity contribution in [2.45, 2.75) is 25.0 Å². The summed E-state index contributed by atoms with van der Waals surface area (Å²) in [6.07, 6.45) is 0. The number of aromatic nitrogens is 3. The lowest BCUT2D eigenvalue weighted by atomic mass is 10.0. The van der Waals surface area contributed by atoms with Crippen LogP contribution in [0.5, 0.6) is 5.75 Å². The summed E-state index contributed by atoms with van der Waals surface area (Å²) in [4.78, 5) is 25.1. The van der Waals surface area contributed by atoms with Crippen LogP contribution in [0.15, 0.2) is 53.7 Å². The van der Waals surface area contributed by atoms with E-state index < -0.39 is 0 Å². The molecule has 1 atom stereocenters. The maximum atomic E-state index is 12.7. The molecule has 1 aromatic heterocycles. The third kappa shape index (κ3) is 6.49. The molecule has 0 aliphatic rings. The van der Waals surface area contributed by atoms with Crippen LogP contribution in [0.2, 0.25) is 5.02 Å². The lowest BCUT2D eigenvalue weighted by Crippen LogP contribution is -2.33. The van der Waals surface area contributed by atoms with E-state index in [0.717, 1.165) is 0 Å². The molecular weight excluding hydrogens is 462 g/mol. The van der Waals surface area contributed by atoms with E-state index in [1.807, 2.05) is 27.0 Å². The van der Waals surface area contributed by atoms with Gasteiger partial charge in [0.1, 0.15) is 5.75 Å². The molecule has 0 saturated heterocycles. The predicted octanol–water partition coefficient (Wildman–Crippen LogP) is 4.34. The van der Waals surface area contributed by atoms with E-state index >= 15 is 0 Å². The summed E-state index contributed by atoms with van der Waals surface area (Å²) >= 11 is 7.18. The first-order valence-electron chi connectivity index (χ1n) is 10.3. The highest BCUT2D eigenvalue weighted by Crippen LogP contribution is 2.25. The van der Waals surface area contributed by atoms with Gasteiger partial charge in [-0.15, -0.1) is 10.2 Å². The Hall–Kier alpha value is -3.04. The molecule has 0 spiro atoms. The van der Waals surface area contributed by atoms with Gasteiger partial charge in [-0.2, -0.15) is 0 Å².